The molecule has 0 aliphatic rings. The molecular weight excluding hydrogens is 308 g/mol. The largest absolute Gasteiger partial charge is 0.343 e. The van der Waals surface area contributed by atoms with Crippen molar-refractivity contribution in [1.29, 1.82) is 0 Å². The van der Waals surface area contributed by atoms with E-state index in [0.717, 1.165) is 34.4 Å². The van der Waals surface area contributed by atoms with Crippen LogP contribution in [0.4, 0.5) is 0 Å². The molecule has 0 aliphatic heterocycles. The van der Waals surface area contributed by atoms with Crippen LogP contribution in [-0.4, -0.2) is 9.97 Å². The van der Waals surface area contributed by atoms with Crippen LogP contribution in [0.3, 0.4) is 0 Å². The van der Waals surface area contributed by atoms with Crippen molar-refractivity contribution in [3.8, 4) is 11.4 Å². The zero-order valence-electron chi connectivity index (χ0n) is 10.5. The zero-order valence-corrected chi connectivity index (χ0v) is 12.9. The number of aromatic amines is 1. The zero-order chi connectivity index (χ0) is 13.1. The first-order chi connectivity index (χ1) is 8.60. The third kappa shape index (κ3) is 3.06. The summed E-state index contributed by atoms with van der Waals surface area (Å²) in [5.74, 6) is 0.857. The smallest absolute Gasteiger partial charge is 0.139 e. The first-order valence-electron chi connectivity index (χ1n) is 5.97. The van der Waals surface area contributed by atoms with Gasteiger partial charge in [-0.05, 0) is 43.2 Å². The van der Waals surface area contributed by atoms with Crippen LogP contribution in [0.25, 0.3) is 11.4 Å². The summed E-state index contributed by atoms with van der Waals surface area (Å²) in [6.45, 7) is 4.23. The van der Waals surface area contributed by atoms with Crippen molar-refractivity contribution in [2.75, 3.05) is 0 Å². The summed E-state index contributed by atoms with van der Waals surface area (Å²) in [7, 11) is 0. The number of nitrogens with one attached hydrogen (secondary N) is 1. The summed E-state index contributed by atoms with van der Waals surface area (Å²) in [4.78, 5) is 7.79. The summed E-state index contributed by atoms with van der Waals surface area (Å²) < 4.78 is 1.72. The lowest BCUT2D eigenvalue weighted by Crippen LogP contribution is -1.97. The summed E-state index contributed by atoms with van der Waals surface area (Å²) in [6, 6.07) is 8.10. The fraction of sp³-hybridized carbons (Fsp3) is 0.286. The fourth-order valence-electron chi connectivity index (χ4n) is 1.93. The predicted octanol–water partition coefficient (Wildman–Crippen LogP) is 4.83. The van der Waals surface area contributed by atoms with E-state index >= 15 is 0 Å². The molecule has 0 radical (unpaired) electrons. The Labute approximate surface area is 121 Å². The van der Waals surface area contributed by atoms with E-state index in [2.05, 4.69) is 51.9 Å². The highest BCUT2D eigenvalue weighted by molar-refractivity contribution is 9.10. The van der Waals surface area contributed by atoms with Crippen LogP contribution in [0.5, 0.6) is 0 Å². The van der Waals surface area contributed by atoms with Crippen molar-refractivity contribution >= 4 is 28.1 Å². The molecule has 1 N–H and O–H groups in total. The van der Waals surface area contributed by atoms with Gasteiger partial charge >= 0.3 is 0 Å². The second-order valence-corrected chi connectivity index (χ2v) is 5.64. The molecule has 1 aromatic carbocycles. The number of benzene rings is 1. The number of aryl methyl sites for hydroxylation is 2. The van der Waals surface area contributed by atoms with E-state index in [1.807, 2.05) is 12.1 Å². The molecule has 1 aromatic heterocycles. The van der Waals surface area contributed by atoms with Gasteiger partial charge in [0.2, 0.25) is 0 Å². The Morgan fingerprint density at radius 3 is 2.78 bits per heavy atom. The Bertz CT molecular complexity index is 619. The van der Waals surface area contributed by atoms with E-state index in [4.69, 9.17) is 12.2 Å². The molecule has 0 amide bonds. The van der Waals surface area contributed by atoms with Crippen LogP contribution in [0.15, 0.2) is 28.7 Å². The average molecular weight is 323 g/mol. The van der Waals surface area contributed by atoms with Gasteiger partial charge in [0.05, 0.1) is 0 Å². The Kier molecular flexibility index (Phi) is 4.30. The standard InChI is InChI=1S/C14H15BrN2S/c1-3-4-11-8-13(18)17-14(16-11)12-6-5-10(15)7-9(12)2/h5-8H,3-4H2,1-2H3,(H,16,17,18). The first kappa shape index (κ1) is 13.4. The molecule has 0 spiro atoms. The minimum Gasteiger partial charge on any atom is -0.343 e. The lowest BCUT2D eigenvalue weighted by Gasteiger charge is -2.08. The van der Waals surface area contributed by atoms with Gasteiger partial charge in [0.1, 0.15) is 10.5 Å². The van der Waals surface area contributed by atoms with Gasteiger partial charge in [-0.1, -0.05) is 41.5 Å². The van der Waals surface area contributed by atoms with Gasteiger partial charge in [-0.3, -0.25) is 0 Å². The summed E-state index contributed by atoms with van der Waals surface area (Å²) in [5, 5.41) is 0. The number of nitrogens with zero attached hydrogens (tertiary/aromatic N) is 1. The van der Waals surface area contributed by atoms with E-state index in [0.29, 0.717) is 4.64 Å². The maximum atomic E-state index is 5.23. The maximum absolute atomic E-state index is 5.23. The van der Waals surface area contributed by atoms with Crippen LogP contribution in [0, 0.1) is 11.6 Å². The molecule has 0 aliphatic carbocycles. The first-order valence-corrected chi connectivity index (χ1v) is 7.17. The highest BCUT2D eigenvalue weighted by Gasteiger charge is 2.06. The van der Waals surface area contributed by atoms with Crippen LogP contribution in [0.1, 0.15) is 24.6 Å². The molecule has 0 fully saturated rings. The number of H-pyrrole nitrogens is 1. The van der Waals surface area contributed by atoms with Crippen molar-refractivity contribution in [2.24, 2.45) is 0 Å². The van der Waals surface area contributed by atoms with E-state index in [1.54, 1.807) is 0 Å². The van der Waals surface area contributed by atoms with Crippen molar-refractivity contribution < 1.29 is 0 Å². The monoisotopic (exact) mass is 322 g/mol. The Morgan fingerprint density at radius 2 is 2.11 bits per heavy atom. The van der Waals surface area contributed by atoms with Gasteiger partial charge in [-0.25, -0.2) is 4.98 Å². The number of hydrogen-bond donors (Lipinski definition) is 1. The summed E-state index contributed by atoms with van der Waals surface area (Å²) >= 11 is 8.70. The molecule has 2 aromatic rings. The van der Waals surface area contributed by atoms with Crippen LogP contribution < -0.4 is 0 Å². The Hall–Kier alpha value is -1.00. The van der Waals surface area contributed by atoms with Gasteiger partial charge < -0.3 is 4.98 Å². The summed E-state index contributed by atoms with van der Waals surface area (Å²) in [6.07, 6.45) is 2.09. The molecule has 2 rings (SSSR count). The van der Waals surface area contributed by atoms with Gasteiger partial charge in [-0.2, -0.15) is 0 Å². The van der Waals surface area contributed by atoms with E-state index < -0.39 is 0 Å². The van der Waals surface area contributed by atoms with E-state index in [-0.39, 0.29) is 0 Å². The molecule has 0 unspecified atom stereocenters. The molecule has 94 valence electrons. The lowest BCUT2D eigenvalue weighted by atomic mass is 10.1. The van der Waals surface area contributed by atoms with Crippen molar-refractivity contribution in [3.05, 3.63) is 44.6 Å². The van der Waals surface area contributed by atoms with E-state index in [9.17, 15) is 0 Å². The van der Waals surface area contributed by atoms with Gasteiger partial charge in [0, 0.05) is 15.7 Å². The topological polar surface area (TPSA) is 28.7 Å². The van der Waals surface area contributed by atoms with Gasteiger partial charge in [0.25, 0.3) is 0 Å². The molecular formula is C14H15BrN2S. The maximum Gasteiger partial charge on any atom is 0.139 e. The van der Waals surface area contributed by atoms with Crippen LogP contribution >= 0.6 is 28.1 Å². The number of halogens is 1. The normalized spacial score (nSPS) is 10.6. The molecule has 18 heavy (non-hydrogen) atoms. The Morgan fingerprint density at radius 1 is 1.33 bits per heavy atom. The van der Waals surface area contributed by atoms with Crippen molar-refractivity contribution in [3.63, 3.8) is 0 Å². The van der Waals surface area contributed by atoms with Crippen molar-refractivity contribution in [1.82, 2.24) is 9.97 Å². The second-order valence-electron chi connectivity index (χ2n) is 4.30. The molecule has 2 nitrogen and oxygen atoms in total. The van der Waals surface area contributed by atoms with Crippen LogP contribution in [-0.2, 0) is 6.42 Å². The highest BCUT2D eigenvalue weighted by Crippen LogP contribution is 2.23. The van der Waals surface area contributed by atoms with E-state index in [1.165, 1.54) is 5.56 Å². The predicted molar refractivity (Wildman–Crippen MR) is 81.3 cm³/mol. The van der Waals surface area contributed by atoms with Crippen molar-refractivity contribution in [2.45, 2.75) is 26.7 Å². The molecule has 1 heterocycles. The molecule has 4 heteroatoms. The number of aromatic nitrogens is 2. The summed E-state index contributed by atoms with van der Waals surface area (Å²) in [5.41, 5.74) is 3.42. The highest BCUT2D eigenvalue weighted by atomic mass is 79.9. The molecule has 0 saturated carbocycles. The fourth-order valence-corrected chi connectivity index (χ4v) is 2.64. The third-order valence-corrected chi connectivity index (χ3v) is 3.46. The average Bonchev–Trinajstić information content (AvgIpc) is 2.28. The quantitative estimate of drug-likeness (QED) is 0.820. The van der Waals surface area contributed by atoms with Gasteiger partial charge in [0.15, 0.2) is 0 Å². The van der Waals surface area contributed by atoms with Gasteiger partial charge in [-0.15, -0.1) is 0 Å². The Balaban J connectivity index is 2.53. The third-order valence-electron chi connectivity index (χ3n) is 2.76. The molecule has 0 saturated heterocycles. The molecule has 0 bridgehead atoms. The number of rotatable bonds is 3. The minimum atomic E-state index is 0.648. The second kappa shape index (κ2) is 5.76. The SMILES string of the molecule is CCCc1cc(=S)nc(-c2ccc(Br)cc2C)[nH]1. The molecule has 0 atom stereocenters. The minimum absolute atomic E-state index is 0.648. The number of hydrogen-bond acceptors (Lipinski definition) is 2. The van der Waals surface area contributed by atoms with Crippen LogP contribution in [0.2, 0.25) is 0 Å². The lowest BCUT2D eigenvalue weighted by molar-refractivity contribution is 0.873.